The summed E-state index contributed by atoms with van der Waals surface area (Å²) in [7, 11) is 5.33. The van der Waals surface area contributed by atoms with E-state index in [0.29, 0.717) is 0 Å². The van der Waals surface area contributed by atoms with E-state index in [-0.39, 0.29) is 11.9 Å². The normalized spacial score (nSPS) is 31.5. The minimum atomic E-state index is -0.0579. The molecular weight excluding hydrogens is 142 g/mol. The van der Waals surface area contributed by atoms with Crippen LogP contribution in [0, 0.1) is 13.0 Å². The van der Waals surface area contributed by atoms with Crippen molar-refractivity contribution in [2.75, 3.05) is 20.2 Å². The van der Waals surface area contributed by atoms with E-state index in [0.717, 1.165) is 25.9 Å². The number of methoxy groups -OCH3 is 1. The molecule has 0 spiro atoms. The van der Waals surface area contributed by atoms with E-state index in [1.54, 1.807) is 0 Å². The summed E-state index contributed by atoms with van der Waals surface area (Å²) in [5, 5.41) is 0. The van der Waals surface area contributed by atoms with E-state index < -0.39 is 0 Å². The molecule has 1 N–H and O–H groups in total. The summed E-state index contributed by atoms with van der Waals surface area (Å²) in [6.45, 7) is 1.97. The highest BCUT2D eigenvalue weighted by Gasteiger charge is 2.24. The number of rotatable bonds is 1. The molecule has 3 nitrogen and oxygen atoms in total. The van der Waals surface area contributed by atoms with Crippen molar-refractivity contribution in [3.8, 4) is 0 Å². The van der Waals surface area contributed by atoms with Crippen molar-refractivity contribution in [3.63, 3.8) is 0 Å². The molecule has 1 rings (SSSR count). The fraction of sp³-hybridized carbons (Fsp3) is 0.750. The number of ether oxygens (including phenoxy) is 1. The third-order valence-electron chi connectivity index (χ3n) is 2.23. The second-order valence-electron chi connectivity index (χ2n) is 3.05. The molecular formula is C8H15NO2. The molecule has 11 heavy (non-hydrogen) atoms. The number of nitrogens with one attached hydrogen (secondary N) is 1. The molecule has 64 valence electrons. The van der Waals surface area contributed by atoms with Crippen LogP contribution in [0.25, 0.3) is 0 Å². The summed E-state index contributed by atoms with van der Waals surface area (Å²) in [6.07, 6.45) is 1.84. The fourth-order valence-electron chi connectivity index (χ4n) is 1.43. The average Bonchev–Trinajstić information content (AvgIpc) is 2.05. The van der Waals surface area contributed by atoms with Crippen LogP contribution in [0.4, 0.5) is 0 Å². The van der Waals surface area contributed by atoms with Crippen LogP contribution >= 0.6 is 0 Å². The van der Waals surface area contributed by atoms with Crippen LogP contribution in [0.3, 0.4) is 0 Å². The zero-order valence-electron chi connectivity index (χ0n) is 6.93. The molecule has 1 saturated heterocycles. The van der Waals surface area contributed by atoms with Crippen LogP contribution in [-0.2, 0) is 9.53 Å². The second-order valence-corrected chi connectivity index (χ2v) is 3.05. The summed E-state index contributed by atoms with van der Waals surface area (Å²) in [5.74, 6) is 0.0722. The van der Waals surface area contributed by atoms with Crippen LogP contribution < -0.4 is 4.90 Å². The van der Waals surface area contributed by atoms with Gasteiger partial charge in [0.2, 0.25) is 0 Å². The molecule has 1 aliphatic rings. The topological polar surface area (TPSA) is 30.7 Å². The SMILES string of the molecule is [CH2-][NH+]1CCC(C(=O)OC)CC1. The first-order valence-electron chi connectivity index (χ1n) is 3.98. The van der Waals surface area contributed by atoms with Crippen LogP contribution in [-0.4, -0.2) is 26.2 Å². The monoisotopic (exact) mass is 157 g/mol. The van der Waals surface area contributed by atoms with Gasteiger partial charge in [0.15, 0.2) is 0 Å². The van der Waals surface area contributed by atoms with Crippen LogP contribution in [0.2, 0.25) is 0 Å². The highest BCUT2D eigenvalue weighted by atomic mass is 16.5. The van der Waals surface area contributed by atoms with Crippen molar-refractivity contribution < 1.29 is 14.4 Å². The fourth-order valence-corrected chi connectivity index (χ4v) is 1.43. The molecule has 0 aromatic heterocycles. The minimum absolute atomic E-state index is 0.0579. The molecule has 1 fully saturated rings. The van der Waals surface area contributed by atoms with Gasteiger partial charge in [-0.25, -0.2) is 0 Å². The Balaban J connectivity index is 2.33. The van der Waals surface area contributed by atoms with E-state index in [1.807, 2.05) is 0 Å². The lowest BCUT2D eigenvalue weighted by Crippen LogP contribution is -3.08. The van der Waals surface area contributed by atoms with Crippen LogP contribution in [0.5, 0.6) is 0 Å². The first-order valence-corrected chi connectivity index (χ1v) is 3.98. The number of carbonyl (C=O) groups is 1. The molecule has 0 radical (unpaired) electrons. The molecule has 1 heterocycles. The van der Waals surface area contributed by atoms with E-state index in [9.17, 15) is 4.79 Å². The summed E-state index contributed by atoms with van der Waals surface area (Å²) in [4.78, 5) is 12.3. The Hall–Kier alpha value is -0.570. The van der Waals surface area contributed by atoms with Crippen LogP contribution in [0.1, 0.15) is 12.8 Å². The average molecular weight is 157 g/mol. The van der Waals surface area contributed by atoms with Crippen molar-refractivity contribution in [3.05, 3.63) is 7.05 Å². The lowest BCUT2D eigenvalue weighted by atomic mass is 9.98. The van der Waals surface area contributed by atoms with Gasteiger partial charge in [0.25, 0.3) is 0 Å². The molecule has 0 aromatic rings. The zero-order valence-corrected chi connectivity index (χ0v) is 6.93. The van der Waals surface area contributed by atoms with Crippen molar-refractivity contribution in [1.82, 2.24) is 0 Å². The zero-order chi connectivity index (χ0) is 8.27. The maximum atomic E-state index is 11.0. The molecule has 0 aliphatic carbocycles. The quantitative estimate of drug-likeness (QED) is 0.401. The van der Waals surface area contributed by atoms with E-state index in [2.05, 4.69) is 11.8 Å². The van der Waals surface area contributed by atoms with Gasteiger partial charge in [-0.3, -0.25) is 4.79 Å². The third-order valence-corrected chi connectivity index (χ3v) is 2.23. The molecule has 0 aromatic carbocycles. The highest BCUT2D eigenvalue weighted by Crippen LogP contribution is 2.10. The lowest BCUT2D eigenvalue weighted by Gasteiger charge is -2.29. The molecule has 0 bridgehead atoms. The number of hydrogen-bond acceptors (Lipinski definition) is 2. The van der Waals surface area contributed by atoms with Gasteiger partial charge in [0.1, 0.15) is 0 Å². The standard InChI is InChI=1S/C8H15NO2/c1-9-5-3-7(4-6-9)8(10)11-2/h7,9H,1,3-6H2,2H3. The van der Waals surface area contributed by atoms with Gasteiger partial charge >= 0.3 is 5.97 Å². The Kier molecular flexibility index (Phi) is 2.88. The van der Waals surface area contributed by atoms with Crippen molar-refractivity contribution in [2.24, 2.45) is 5.92 Å². The Morgan fingerprint density at radius 3 is 2.55 bits per heavy atom. The van der Waals surface area contributed by atoms with Crippen molar-refractivity contribution in [1.29, 1.82) is 0 Å². The van der Waals surface area contributed by atoms with Gasteiger partial charge in [-0.2, -0.15) is 7.05 Å². The maximum absolute atomic E-state index is 11.0. The molecule has 0 amide bonds. The smallest absolute Gasteiger partial charge is 0.309 e. The molecule has 0 unspecified atom stereocenters. The van der Waals surface area contributed by atoms with E-state index in [4.69, 9.17) is 0 Å². The largest absolute Gasteiger partial charge is 0.469 e. The summed E-state index contributed by atoms with van der Waals surface area (Å²) >= 11 is 0. The molecule has 0 saturated carbocycles. The molecule has 1 aliphatic heterocycles. The minimum Gasteiger partial charge on any atom is -0.469 e. The van der Waals surface area contributed by atoms with E-state index >= 15 is 0 Å². The predicted octanol–water partition coefficient (Wildman–Crippen LogP) is -0.754. The number of hydrogen-bond donors (Lipinski definition) is 1. The second kappa shape index (κ2) is 3.72. The summed E-state index contributed by atoms with van der Waals surface area (Å²) in [5.41, 5.74) is 0. The number of carbonyl (C=O) groups excluding carboxylic acids is 1. The van der Waals surface area contributed by atoms with Gasteiger partial charge in [0.05, 0.1) is 26.1 Å². The Labute approximate surface area is 67.3 Å². The Bertz CT molecular complexity index is 139. The number of piperidine rings is 1. The predicted molar refractivity (Wildman–Crippen MR) is 40.8 cm³/mol. The highest BCUT2D eigenvalue weighted by molar-refractivity contribution is 5.72. The maximum Gasteiger partial charge on any atom is 0.309 e. The van der Waals surface area contributed by atoms with Gasteiger partial charge in [-0.15, -0.1) is 0 Å². The van der Waals surface area contributed by atoms with Gasteiger partial charge < -0.3 is 9.64 Å². The van der Waals surface area contributed by atoms with E-state index in [1.165, 1.54) is 12.0 Å². The Morgan fingerprint density at radius 1 is 1.55 bits per heavy atom. The van der Waals surface area contributed by atoms with Gasteiger partial charge in [0, 0.05) is 12.8 Å². The first-order chi connectivity index (χ1) is 5.24. The third kappa shape index (κ3) is 2.19. The molecule has 0 atom stereocenters. The van der Waals surface area contributed by atoms with Gasteiger partial charge in [-0.05, 0) is 0 Å². The van der Waals surface area contributed by atoms with Gasteiger partial charge in [-0.1, -0.05) is 0 Å². The number of esters is 1. The summed E-state index contributed by atoms with van der Waals surface area (Å²) < 4.78 is 4.66. The summed E-state index contributed by atoms with van der Waals surface area (Å²) in [6, 6.07) is 0. The lowest BCUT2D eigenvalue weighted by molar-refractivity contribution is -0.860. The van der Waals surface area contributed by atoms with Crippen molar-refractivity contribution in [2.45, 2.75) is 12.8 Å². The first kappa shape index (κ1) is 8.53. The number of quaternary nitrogens is 1. The molecule has 3 heteroatoms. The van der Waals surface area contributed by atoms with Crippen LogP contribution in [0.15, 0.2) is 0 Å². The van der Waals surface area contributed by atoms with Crippen molar-refractivity contribution >= 4 is 5.97 Å². The Morgan fingerprint density at radius 2 is 2.09 bits per heavy atom. The number of likely N-dealkylation sites (tertiary alicyclic amines) is 1.